The molecule has 0 unspecified atom stereocenters. The van der Waals surface area contributed by atoms with Crippen molar-refractivity contribution in [3.05, 3.63) is 75.6 Å². The summed E-state index contributed by atoms with van der Waals surface area (Å²) in [7, 11) is 0. The number of nitrogens with zero attached hydrogens (tertiary/aromatic N) is 2. The second-order valence-electron chi connectivity index (χ2n) is 8.18. The van der Waals surface area contributed by atoms with Crippen molar-refractivity contribution in [2.24, 2.45) is 0 Å². The van der Waals surface area contributed by atoms with Crippen LogP contribution in [0.15, 0.2) is 48.0 Å². The van der Waals surface area contributed by atoms with Crippen LogP contribution in [0.4, 0.5) is 9.52 Å². The van der Waals surface area contributed by atoms with Gasteiger partial charge in [-0.3, -0.25) is 14.5 Å². The lowest BCUT2D eigenvalue weighted by molar-refractivity contribution is -0.132. The van der Waals surface area contributed by atoms with E-state index in [4.69, 9.17) is 14.2 Å². The average molecular weight is 525 g/mol. The lowest BCUT2D eigenvalue weighted by Gasteiger charge is -2.23. The summed E-state index contributed by atoms with van der Waals surface area (Å²) < 4.78 is 31.2. The van der Waals surface area contributed by atoms with Crippen LogP contribution in [0.5, 0.6) is 11.5 Å². The van der Waals surface area contributed by atoms with Crippen LogP contribution in [0.2, 0.25) is 0 Å². The van der Waals surface area contributed by atoms with Crippen molar-refractivity contribution in [1.82, 2.24) is 4.98 Å². The van der Waals surface area contributed by atoms with Crippen molar-refractivity contribution in [3.63, 3.8) is 0 Å². The number of aromatic nitrogens is 1. The largest absolute Gasteiger partial charge is 0.507 e. The number of Topliss-reactive ketones (excluding diaryl/α,β-unsaturated/α-hetero) is 1. The van der Waals surface area contributed by atoms with Gasteiger partial charge in [-0.15, -0.1) is 0 Å². The van der Waals surface area contributed by atoms with Crippen molar-refractivity contribution in [2.75, 3.05) is 24.7 Å². The minimum absolute atomic E-state index is 0.00266. The lowest BCUT2D eigenvalue weighted by Crippen LogP contribution is -2.29. The van der Waals surface area contributed by atoms with Crippen molar-refractivity contribution in [2.45, 2.75) is 19.9 Å². The number of esters is 1. The third-order valence-electron chi connectivity index (χ3n) is 5.91. The number of carbonyl (C=O) groups excluding carboxylic acids is 3. The first-order valence-electron chi connectivity index (χ1n) is 11.4. The minimum atomic E-state index is -1.34. The van der Waals surface area contributed by atoms with Gasteiger partial charge >= 0.3 is 11.9 Å². The van der Waals surface area contributed by atoms with Gasteiger partial charge in [-0.1, -0.05) is 29.5 Å². The molecule has 0 radical (unpaired) electrons. The number of carbonyl (C=O) groups is 3. The van der Waals surface area contributed by atoms with Crippen LogP contribution in [0, 0.1) is 12.7 Å². The smallest absolute Gasteiger partial charge is 0.350 e. The third-order valence-corrected chi connectivity index (χ3v) is 7.05. The molecule has 190 valence electrons. The molecular formula is C26H21FN2O7S. The highest BCUT2D eigenvalue weighted by molar-refractivity contribution is 7.17. The van der Waals surface area contributed by atoms with Gasteiger partial charge in [0.05, 0.1) is 17.9 Å². The Labute approximate surface area is 214 Å². The molecule has 1 amide bonds. The third kappa shape index (κ3) is 4.20. The number of amides is 1. The minimum Gasteiger partial charge on any atom is -0.507 e. The quantitative estimate of drug-likeness (QED) is 0.229. The number of fused-ring (bicyclic) bond motifs is 1. The van der Waals surface area contributed by atoms with E-state index < -0.39 is 35.3 Å². The molecule has 1 fully saturated rings. The Hall–Kier alpha value is -4.25. The Morgan fingerprint density at radius 1 is 1.19 bits per heavy atom. The van der Waals surface area contributed by atoms with E-state index in [1.54, 1.807) is 26.0 Å². The predicted molar refractivity (Wildman–Crippen MR) is 131 cm³/mol. The van der Waals surface area contributed by atoms with Gasteiger partial charge in [0.25, 0.3) is 5.78 Å². The van der Waals surface area contributed by atoms with Gasteiger partial charge in [-0.05, 0) is 38.1 Å². The molecule has 3 aromatic rings. The molecule has 3 heterocycles. The predicted octanol–water partition coefficient (Wildman–Crippen LogP) is 4.16. The summed E-state index contributed by atoms with van der Waals surface area (Å²) in [5, 5.41) is 11.3. The van der Waals surface area contributed by atoms with E-state index in [1.165, 1.54) is 30.3 Å². The molecule has 1 N–H and O–H groups in total. The summed E-state index contributed by atoms with van der Waals surface area (Å²) in [6, 6.07) is 8.88. The number of ether oxygens (including phenoxy) is 3. The second kappa shape index (κ2) is 9.66. The van der Waals surface area contributed by atoms with Crippen molar-refractivity contribution < 1.29 is 38.1 Å². The standard InChI is InChI=1S/C26H21FN2O7S/c1-3-34-25(33)23-13(2)28-26(37-23)29-20(15-6-4-5-7-16(15)27)19(22(31)24(29)32)21(30)14-8-9-17-18(12-14)36-11-10-35-17/h4-9,12,20,30H,3,10-11H2,1-2H3/b21-19+/t20-/m1/s1. The van der Waals surface area contributed by atoms with E-state index in [1.807, 2.05) is 0 Å². The van der Waals surface area contributed by atoms with Gasteiger partial charge in [0.2, 0.25) is 0 Å². The van der Waals surface area contributed by atoms with E-state index in [-0.39, 0.29) is 33.3 Å². The fourth-order valence-corrected chi connectivity index (χ4v) is 5.23. The maximum Gasteiger partial charge on any atom is 0.350 e. The zero-order valence-corrected chi connectivity index (χ0v) is 20.6. The van der Waals surface area contributed by atoms with E-state index in [0.29, 0.717) is 30.4 Å². The molecule has 11 heteroatoms. The Morgan fingerprint density at radius 2 is 1.92 bits per heavy atom. The van der Waals surface area contributed by atoms with Crippen LogP contribution in [0.1, 0.15) is 39.5 Å². The summed E-state index contributed by atoms with van der Waals surface area (Å²) in [4.78, 5) is 44.5. The van der Waals surface area contributed by atoms with E-state index in [9.17, 15) is 19.5 Å². The molecule has 2 aromatic carbocycles. The zero-order valence-electron chi connectivity index (χ0n) is 19.8. The second-order valence-corrected chi connectivity index (χ2v) is 9.16. The van der Waals surface area contributed by atoms with Crippen LogP contribution in [-0.4, -0.2) is 47.6 Å². The Bertz CT molecular complexity index is 1460. The van der Waals surface area contributed by atoms with Crippen molar-refractivity contribution in [1.29, 1.82) is 0 Å². The molecule has 9 nitrogen and oxygen atoms in total. The molecule has 2 aliphatic heterocycles. The number of thiazole rings is 1. The number of aliphatic hydroxyl groups excluding tert-OH is 1. The number of aryl methyl sites for hydroxylation is 1. The average Bonchev–Trinajstić information content (AvgIpc) is 3.40. The zero-order chi connectivity index (χ0) is 26.3. The van der Waals surface area contributed by atoms with Gasteiger partial charge < -0.3 is 19.3 Å². The summed E-state index contributed by atoms with van der Waals surface area (Å²) in [5.41, 5.74) is 0.134. The number of benzene rings is 2. The van der Waals surface area contributed by atoms with Crippen LogP contribution in [0.25, 0.3) is 5.76 Å². The first-order valence-corrected chi connectivity index (χ1v) is 12.2. The molecule has 0 saturated carbocycles. The van der Waals surface area contributed by atoms with Crippen LogP contribution >= 0.6 is 11.3 Å². The Morgan fingerprint density at radius 3 is 2.65 bits per heavy atom. The maximum atomic E-state index is 15.1. The first kappa shape index (κ1) is 24.4. The molecule has 0 aliphatic carbocycles. The van der Waals surface area contributed by atoms with Crippen molar-refractivity contribution in [3.8, 4) is 11.5 Å². The van der Waals surface area contributed by atoms with Gasteiger partial charge in [-0.25, -0.2) is 14.2 Å². The number of hydrogen-bond donors (Lipinski definition) is 1. The highest BCUT2D eigenvalue weighted by Gasteiger charge is 2.49. The first-order chi connectivity index (χ1) is 17.8. The van der Waals surface area contributed by atoms with Crippen LogP contribution in [-0.2, 0) is 14.3 Å². The number of rotatable bonds is 5. The molecule has 1 saturated heterocycles. The van der Waals surface area contributed by atoms with Crippen LogP contribution in [0.3, 0.4) is 0 Å². The fourth-order valence-electron chi connectivity index (χ4n) is 4.24. The number of halogens is 1. The van der Waals surface area contributed by atoms with E-state index in [2.05, 4.69) is 4.98 Å². The summed E-state index contributed by atoms with van der Waals surface area (Å²) in [6.45, 7) is 4.04. The Balaban J connectivity index is 1.68. The number of aliphatic hydroxyl groups is 1. The molecule has 5 rings (SSSR count). The molecule has 0 bridgehead atoms. The molecule has 1 atom stereocenters. The summed E-state index contributed by atoms with van der Waals surface area (Å²) >= 11 is 0.847. The van der Waals surface area contributed by atoms with Gasteiger partial charge in [0, 0.05) is 11.1 Å². The SMILES string of the molecule is CCOC(=O)c1sc(N2C(=O)C(=O)/C(=C(/O)c3ccc4c(c3)OCCO4)[C@H]2c2ccccc2F)nc1C. The maximum absolute atomic E-state index is 15.1. The normalized spacial score (nSPS) is 18.2. The monoisotopic (exact) mass is 524 g/mol. The molecule has 0 spiro atoms. The molecule has 2 aliphatic rings. The molecular weight excluding hydrogens is 503 g/mol. The number of hydrogen-bond acceptors (Lipinski definition) is 9. The molecule has 37 heavy (non-hydrogen) atoms. The van der Waals surface area contributed by atoms with Gasteiger partial charge in [-0.2, -0.15) is 0 Å². The highest BCUT2D eigenvalue weighted by atomic mass is 32.1. The van der Waals surface area contributed by atoms with Gasteiger partial charge in [0.15, 0.2) is 16.6 Å². The highest BCUT2D eigenvalue weighted by Crippen LogP contribution is 2.45. The molecule has 1 aromatic heterocycles. The fraction of sp³-hybridized carbons (Fsp3) is 0.231. The van der Waals surface area contributed by atoms with Gasteiger partial charge in [0.1, 0.15) is 35.7 Å². The summed E-state index contributed by atoms with van der Waals surface area (Å²) in [5.74, 6) is -3.03. The van der Waals surface area contributed by atoms with E-state index in [0.717, 1.165) is 16.2 Å². The van der Waals surface area contributed by atoms with E-state index >= 15 is 4.39 Å². The number of anilines is 1. The number of ketones is 1. The topological polar surface area (TPSA) is 115 Å². The van der Waals surface area contributed by atoms with Crippen molar-refractivity contribution >= 4 is 39.9 Å². The Kier molecular flexibility index (Phi) is 6.38. The van der Waals surface area contributed by atoms with Crippen LogP contribution < -0.4 is 14.4 Å². The summed E-state index contributed by atoms with van der Waals surface area (Å²) in [6.07, 6.45) is 0. The lowest BCUT2D eigenvalue weighted by atomic mass is 9.95.